The Hall–Kier alpha value is -1.10. The molecule has 108 valence electrons. The molecule has 5 heteroatoms. The van der Waals surface area contributed by atoms with E-state index < -0.39 is 5.41 Å². The molecular weight excluding hydrogens is 260 g/mol. The summed E-state index contributed by atoms with van der Waals surface area (Å²) in [6.07, 6.45) is 2.31. The summed E-state index contributed by atoms with van der Waals surface area (Å²) in [7, 11) is 2.04. The van der Waals surface area contributed by atoms with Crippen molar-refractivity contribution in [2.24, 2.45) is 0 Å². The smallest absolute Gasteiger partial charge is 0.317 e. The Balaban J connectivity index is 2.80. The second kappa shape index (κ2) is 6.89. The van der Waals surface area contributed by atoms with Crippen molar-refractivity contribution < 1.29 is 9.53 Å². The Bertz CT molecular complexity index is 415. The molecular formula is C14H24N2O2S. The van der Waals surface area contributed by atoms with Crippen LogP contribution >= 0.6 is 11.3 Å². The third-order valence-corrected chi connectivity index (χ3v) is 4.05. The highest BCUT2D eigenvalue weighted by atomic mass is 32.1. The number of nitrogens with zero attached hydrogens (tertiary/aromatic N) is 2. The topological polar surface area (TPSA) is 42.4 Å². The SMILES string of the molecule is CCCCN(C)c1nc(C(C)(C)C(=O)OCC)cs1. The summed E-state index contributed by atoms with van der Waals surface area (Å²) in [5.74, 6) is -0.219. The number of anilines is 1. The molecule has 0 aromatic carbocycles. The molecule has 0 bridgehead atoms. The van der Waals surface area contributed by atoms with Crippen molar-refractivity contribution in [3.05, 3.63) is 11.1 Å². The number of hydrogen-bond acceptors (Lipinski definition) is 5. The maximum Gasteiger partial charge on any atom is 0.317 e. The molecule has 0 aliphatic heterocycles. The number of ether oxygens (including phenoxy) is 1. The van der Waals surface area contributed by atoms with E-state index in [4.69, 9.17) is 4.74 Å². The standard InChI is InChI=1S/C14H24N2O2S/c1-6-8-9-16(5)13-15-11(10-19-13)14(3,4)12(17)18-7-2/h10H,6-9H2,1-5H3. The van der Waals surface area contributed by atoms with Gasteiger partial charge < -0.3 is 9.64 Å². The van der Waals surface area contributed by atoms with Gasteiger partial charge in [0.15, 0.2) is 5.13 Å². The van der Waals surface area contributed by atoms with Crippen molar-refractivity contribution >= 4 is 22.4 Å². The second-order valence-corrected chi connectivity index (χ2v) is 5.97. The molecule has 0 radical (unpaired) electrons. The molecule has 0 aliphatic rings. The van der Waals surface area contributed by atoms with Crippen LogP contribution in [0.4, 0.5) is 5.13 Å². The van der Waals surface area contributed by atoms with Crippen LogP contribution in [0.3, 0.4) is 0 Å². The molecule has 0 saturated carbocycles. The lowest BCUT2D eigenvalue weighted by Crippen LogP contribution is -2.31. The lowest BCUT2D eigenvalue weighted by molar-refractivity contribution is -0.148. The van der Waals surface area contributed by atoms with E-state index in [9.17, 15) is 4.79 Å². The average molecular weight is 284 g/mol. The number of hydrogen-bond donors (Lipinski definition) is 0. The van der Waals surface area contributed by atoms with Gasteiger partial charge in [-0.05, 0) is 27.2 Å². The zero-order valence-corrected chi connectivity index (χ0v) is 13.3. The summed E-state index contributed by atoms with van der Waals surface area (Å²) in [4.78, 5) is 18.7. The third-order valence-electron chi connectivity index (χ3n) is 3.09. The Morgan fingerprint density at radius 2 is 2.16 bits per heavy atom. The molecule has 1 aromatic heterocycles. The van der Waals surface area contributed by atoms with Gasteiger partial charge in [-0.25, -0.2) is 4.98 Å². The maximum atomic E-state index is 11.9. The minimum Gasteiger partial charge on any atom is -0.465 e. The van der Waals surface area contributed by atoms with Crippen molar-refractivity contribution in [2.45, 2.75) is 46.0 Å². The summed E-state index contributed by atoms with van der Waals surface area (Å²) in [5.41, 5.74) is 0.102. The fourth-order valence-corrected chi connectivity index (χ4v) is 2.62. The number of carbonyl (C=O) groups excluding carboxylic acids is 1. The molecule has 1 heterocycles. The van der Waals surface area contributed by atoms with Gasteiger partial charge in [0.05, 0.1) is 12.3 Å². The van der Waals surface area contributed by atoms with Gasteiger partial charge in [-0.15, -0.1) is 11.3 Å². The lowest BCUT2D eigenvalue weighted by Gasteiger charge is -2.20. The Morgan fingerprint density at radius 1 is 1.47 bits per heavy atom. The molecule has 0 aliphatic carbocycles. The minimum atomic E-state index is -0.684. The van der Waals surface area contributed by atoms with E-state index in [2.05, 4.69) is 16.8 Å². The first kappa shape index (κ1) is 16.0. The zero-order chi connectivity index (χ0) is 14.5. The van der Waals surface area contributed by atoms with E-state index >= 15 is 0 Å². The molecule has 0 saturated heterocycles. The number of esters is 1. The van der Waals surface area contributed by atoms with E-state index in [1.54, 1.807) is 11.3 Å². The van der Waals surface area contributed by atoms with Crippen LogP contribution in [-0.4, -0.2) is 31.2 Å². The fourth-order valence-electron chi connectivity index (χ4n) is 1.63. The normalized spacial score (nSPS) is 11.4. The van der Waals surface area contributed by atoms with Gasteiger partial charge in [0.2, 0.25) is 0 Å². The summed E-state index contributed by atoms with van der Waals surface area (Å²) in [5, 5.41) is 2.91. The first-order valence-corrected chi connectivity index (χ1v) is 7.65. The summed E-state index contributed by atoms with van der Waals surface area (Å²) in [6, 6.07) is 0. The van der Waals surface area contributed by atoms with E-state index in [1.807, 2.05) is 33.2 Å². The van der Waals surface area contributed by atoms with E-state index in [0.29, 0.717) is 6.61 Å². The summed E-state index contributed by atoms with van der Waals surface area (Å²) in [6.45, 7) is 9.09. The van der Waals surface area contributed by atoms with E-state index in [1.165, 1.54) is 0 Å². The predicted molar refractivity (Wildman–Crippen MR) is 80.0 cm³/mol. The first-order valence-electron chi connectivity index (χ1n) is 6.77. The van der Waals surface area contributed by atoms with Crippen molar-refractivity contribution in [3.8, 4) is 0 Å². The van der Waals surface area contributed by atoms with Crippen LogP contribution in [0.25, 0.3) is 0 Å². The van der Waals surface area contributed by atoms with Gasteiger partial charge in [-0.3, -0.25) is 4.79 Å². The largest absolute Gasteiger partial charge is 0.465 e. The van der Waals surface area contributed by atoms with Crippen LogP contribution in [0.1, 0.15) is 46.2 Å². The molecule has 0 unspecified atom stereocenters. The highest BCUT2D eigenvalue weighted by Gasteiger charge is 2.34. The van der Waals surface area contributed by atoms with E-state index in [0.717, 1.165) is 30.2 Å². The molecule has 1 aromatic rings. The molecule has 1 rings (SSSR count). The highest BCUT2D eigenvalue weighted by molar-refractivity contribution is 7.13. The maximum absolute atomic E-state index is 11.9. The Labute approximate surface area is 119 Å². The zero-order valence-electron chi connectivity index (χ0n) is 12.5. The van der Waals surface area contributed by atoms with Crippen molar-refractivity contribution in [3.63, 3.8) is 0 Å². The Kier molecular flexibility index (Phi) is 5.79. The highest BCUT2D eigenvalue weighted by Crippen LogP contribution is 2.29. The Morgan fingerprint density at radius 3 is 2.74 bits per heavy atom. The van der Waals surface area contributed by atoms with Crippen molar-refractivity contribution in [1.29, 1.82) is 0 Å². The number of unbranched alkanes of at least 4 members (excludes halogenated alkanes) is 1. The predicted octanol–water partition coefficient (Wildman–Crippen LogP) is 3.22. The third kappa shape index (κ3) is 3.93. The lowest BCUT2D eigenvalue weighted by atomic mass is 9.90. The van der Waals surface area contributed by atoms with Crippen LogP contribution < -0.4 is 4.90 Å². The molecule has 0 amide bonds. The monoisotopic (exact) mass is 284 g/mol. The molecule has 0 atom stereocenters. The molecule has 0 spiro atoms. The summed E-state index contributed by atoms with van der Waals surface area (Å²) < 4.78 is 5.11. The molecule has 19 heavy (non-hydrogen) atoms. The van der Waals surface area contributed by atoms with Gasteiger partial charge in [0.1, 0.15) is 5.41 Å². The van der Waals surface area contributed by atoms with E-state index in [-0.39, 0.29) is 5.97 Å². The summed E-state index contributed by atoms with van der Waals surface area (Å²) >= 11 is 1.58. The second-order valence-electron chi connectivity index (χ2n) is 5.14. The number of carbonyl (C=O) groups is 1. The van der Waals surface area contributed by atoms with Gasteiger partial charge in [0, 0.05) is 19.0 Å². The van der Waals surface area contributed by atoms with Crippen LogP contribution in [0, 0.1) is 0 Å². The molecule has 0 N–H and O–H groups in total. The van der Waals surface area contributed by atoms with Crippen LogP contribution in [-0.2, 0) is 14.9 Å². The van der Waals surface area contributed by atoms with Gasteiger partial charge in [-0.1, -0.05) is 13.3 Å². The van der Waals surface area contributed by atoms with Crippen molar-refractivity contribution in [1.82, 2.24) is 4.98 Å². The van der Waals surface area contributed by atoms with Gasteiger partial charge in [0.25, 0.3) is 0 Å². The van der Waals surface area contributed by atoms with Crippen LogP contribution in [0.5, 0.6) is 0 Å². The van der Waals surface area contributed by atoms with Crippen LogP contribution in [0.2, 0.25) is 0 Å². The first-order chi connectivity index (χ1) is 8.93. The fraction of sp³-hybridized carbons (Fsp3) is 0.714. The van der Waals surface area contributed by atoms with Gasteiger partial charge >= 0.3 is 5.97 Å². The van der Waals surface area contributed by atoms with Gasteiger partial charge in [-0.2, -0.15) is 0 Å². The van der Waals surface area contributed by atoms with Crippen LogP contribution in [0.15, 0.2) is 5.38 Å². The minimum absolute atomic E-state index is 0.219. The average Bonchev–Trinajstić information content (AvgIpc) is 2.86. The molecule has 0 fully saturated rings. The number of aromatic nitrogens is 1. The quantitative estimate of drug-likeness (QED) is 0.721. The number of rotatable bonds is 7. The molecule has 4 nitrogen and oxygen atoms in total. The number of thiazole rings is 1. The van der Waals surface area contributed by atoms with Crippen molar-refractivity contribution in [2.75, 3.05) is 25.1 Å².